The van der Waals surface area contributed by atoms with Gasteiger partial charge in [-0.3, -0.25) is 24.1 Å². The molecule has 0 aliphatic heterocycles. The Morgan fingerprint density at radius 2 is 1.84 bits per heavy atom. The van der Waals surface area contributed by atoms with Crippen LogP contribution in [0.2, 0.25) is 0 Å². The van der Waals surface area contributed by atoms with Crippen LogP contribution in [0.1, 0.15) is 39.6 Å². The first kappa shape index (κ1) is 27.2. The minimum atomic E-state index is -2.71. The van der Waals surface area contributed by atoms with Gasteiger partial charge in [-0.2, -0.15) is 0 Å². The molecular weight excluding hydrogens is 494 g/mol. The number of carbonyl (C=O) groups is 4. The number of nitrogens with zero attached hydrogens (tertiary/aromatic N) is 1. The standard InChI is InChI=1S/C27H31N3O8/c1-11(2)9-29-10-17(32)13-5-6-16(31)19-14(13)7-12-8-15-21(30(3)4)23(34)20(26(28)37)25(36)27(15,38)24(35)18(12)22(19)33/h5-6,12,15,21,29,31,34-35,38H,1,7-10H2,2-4H3,(H2,28,37)/t12-,15-,21-,27-/m0/s1. The molecule has 0 saturated carbocycles. The molecule has 0 spiro atoms. The van der Waals surface area contributed by atoms with Crippen molar-refractivity contribution in [2.75, 3.05) is 27.2 Å². The monoisotopic (exact) mass is 525 g/mol. The van der Waals surface area contributed by atoms with Crippen LogP contribution < -0.4 is 11.1 Å². The molecule has 0 heterocycles. The second-order valence-corrected chi connectivity index (χ2v) is 10.4. The number of fused-ring (bicyclic) bond motifs is 3. The Balaban J connectivity index is 1.86. The van der Waals surface area contributed by atoms with Crippen molar-refractivity contribution in [1.82, 2.24) is 10.2 Å². The Morgan fingerprint density at radius 1 is 1.18 bits per heavy atom. The number of phenols is 1. The molecular formula is C27H31N3O8. The smallest absolute Gasteiger partial charge is 0.255 e. The van der Waals surface area contributed by atoms with Crippen molar-refractivity contribution in [2.24, 2.45) is 17.6 Å². The Morgan fingerprint density at radius 3 is 2.42 bits per heavy atom. The Hall–Kier alpha value is -3.80. The molecule has 0 unspecified atom stereocenters. The van der Waals surface area contributed by atoms with Gasteiger partial charge in [0.25, 0.3) is 5.91 Å². The summed E-state index contributed by atoms with van der Waals surface area (Å²) in [5.74, 6) is -7.63. The van der Waals surface area contributed by atoms with Gasteiger partial charge in [-0.25, -0.2) is 0 Å². The lowest BCUT2D eigenvalue weighted by atomic mass is 9.58. The first-order chi connectivity index (χ1) is 17.7. The van der Waals surface area contributed by atoms with Crippen molar-refractivity contribution in [2.45, 2.75) is 31.4 Å². The van der Waals surface area contributed by atoms with Gasteiger partial charge < -0.3 is 31.5 Å². The quantitative estimate of drug-likeness (QED) is 0.166. The zero-order valence-corrected chi connectivity index (χ0v) is 21.4. The van der Waals surface area contributed by atoms with Crippen LogP contribution >= 0.6 is 0 Å². The molecule has 38 heavy (non-hydrogen) atoms. The van der Waals surface area contributed by atoms with Crippen molar-refractivity contribution in [1.29, 1.82) is 0 Å². The molecule has 0 fully saturated rings. The third-order valence-electron chi connectivity index (χ3n) is 7.62. The maximum atomic E-state index is 13.7. The summed E-state index contributed by atoms with van der Waals surface area (Å²) in [6, 6.07) is 1.55. The van der Waals surface area contributed by atoms with Gasteiger partial charge in [0.05, 0.1) is 18.2 Å². The van der Waals surface area contributed by atoms with E-state index >= 15 is 0 Å². The van der Waals surface area contributed by atoms with Gasteiger partial charge in [0.1, 0.15) is 22.8 Å². The van der Waals surface area contributed by atoms with Crippen LogP contribution in [0.15, 0.2) is 46.9 Å². The van der Waals surface area contributed by atoms with E-state index in [0.29, 0.717) is 12.1 Å². The molecule has 1 aromatic carbocycles. The van der Waals surface area contributed by atoms with E-state index in [0.717, 1.165) is 5.57 Å². The average molecular weight is 526 g/mol. The highest BCUT2D eigenvalue weighted by molar-refractivity contribution is 6.25. The highest BCUT2D eigenvalue weighted by Crippen LogP contribution is 2.52. The van der Waals surface area contributed by atoms with E-state index in [4.69, 9.17) is 5.73 Å². The van der Waals surface area contributed by atoms with Crippen molar-refractivity contribution >= 4 is 23.3 Å². The fourth-order valence-electron chi connectivity index (χ4n) is 6.00. The Labute approximate surface area is 218 Å². The fourth-order valence-corrected chi connectivity index (χ4v) is 6.00. The number of primary amides is 1. The normalized spacial score (nSPS) is 26.7. The molecule has 4 atom stereocenters. The molecule has 11 heteroatoms. The largest absolute Gasteiger partial charge is 0.510 e. The number of ketones is 3. The summed E-state index contributed by atoms with van der Waals surface area (Å²) in [5.41, 5.74) is 2.63. The number of allylic oxidation sites excluding steroid dienone is 1. The Kier molecular flexibility index (Phi) is 6.81. The van der Waals surface area contributed by atoms with Crippen LogP contribution in [0, 0.1) is 11.8 Å². The number of aliphatic hydroxyl groups is 3. The number of carbonyl (C=O) groups excluding carboxylic acids is 4. The predicted octanol–water partition coefficient (Wildman–Crippen LogP) is 0.469. The highest BCUT2D eigenvalue weighted by Gasteiger charge is 2.63. The number of hydrogen-bond acceptors (Lipinski definition) is 10. The van der Waals surface area contributed by atoms with Gasteiger partial charge in [0.2, 0.25) is 5.78 Å². The molecule has 4 rings (SSSR count). The number of rotatable bonds is 7. The topological polar surface area (TPSA) is 190 Å². The number of hydrogen-bond donors (Lipinski definition) is 6. The summed E-state index contributed by atoms with van der Waals surface area (Å²) in [5, 5.41) is 47.3. The lowest BCUT2D eigenvalue weighted by Crippen LogP contribution is -2.63. The van der Waals surface area contributed by atoms with Crippen LogP contribution in [0.3, 0.4) is 0 Å². The predicted molar refractivity (Wildman–Crippen MR) is 136 cm³/mol. The van der Waals surface area contributed by atoms with Gasteiger partial charge >= 0.3 is 0 Å². The van der Waals surface area contributed by atoms with Crippen LogP contribution in [0.4, 0.5) is 0 Å². The molecule has 3 aliphatic rings. The molecule has 1 aromatic rings. The van der Waals surface area contributed by atoms with E-state index in [1.807, 2.05) is 0 Å². The SMILES string of the molecule is C=C(C)CNCC(=O)c1ccc(O)c2c1C[C@H]1C[C@H]3[C@H](N(C)C)C(O)=C(C(N)=O)C(=O)[C@@]3(O)C(O)=C1C2=O. The fraction of sp³-hybridized carbons (Fsp3) is 0.407. The molecule has 1 amide bonds. The molecule has 7 N–H and O–H groups in total. The third kappa shape index (κ3) is 3.94. The minimum Gasteiger partial charge on any atom is -0.510 e. The molecule has 0 radical (unpaired) electrons. The maximum absolute atomic E-state index is 13.7. The lowest BCUT2D eigenvalue weighted by molar-refractivity contribution is -0.148. The molecule has 0 bridgehead atoms. The first-order valence-corrected chi connectivity index (χ1v) is 12.1. The average Bonchev–Trinajstić information content (AvgIpc) is 2.80. The van der Waals surface area contributed by atoms with Crippen LogP contribution in [-0.2, 0) is 16.0 Å². The molecule has 202 valence electrons. The highest BCUT2D eigenvalue weighted by atomic mass is 16.3. The second-order valence-electron chi connectivity index (χ2n) is 10.4. The van der Waals surface area contributed by atoms with Crippen LogP contribution in [-0.4, -0.2) is 87.4 Å². The van der Waals surface area contributed by atoms with Crippen molar-refractivity contribution < 1.29 is 39.6 Å². The van der Waals surface area contributed by atoms with Crippen LogP contribution in [0.25, 0.3) is 0 Å². The summed E-state index contributed by atoms with van der Waals surface area (Å²) < 4.78 is 0. The van der Waals surface area contributed by atoms with E-state index < -0.39 is 63.8 Å². The van der Waals surface area contributed by atoms with E-state index in [9.17, 15) is 39.6 Å². The Bertz CT molecular complexity index is 1360. The number of likely N-dealkylation sites (N-methyl/N-ethyl adjacent to an activating group) is 1. The number of nitrogens with one attached hydrogen (secondary N) is 1. The second kappa shape index (κ2) is 9.50. The lowest BCUT2D eigenvalue weighted by Gasteiger charge is -2.50. The van der Waals surface area contributed by atoms with Crippen molar-refractivity contribution in [3.05, 3.63) is 63.6 Å². The number of phenolic OH excluding ortho intramolecular Hbond substituents is 1. The van der Waals surface area contributed by atoms with E-state index in [-0.39, 0.29) is 41.9 Å². The van der Waals surface area contributed by atoms with Gasteiger partial charge in [-0.05, 0) is 57.5 Å². The molecule has 3 aliphatic carbocycles. The first-order valence-electron chi connectivity index (χ1n) is 12.1. The van der Waals surface area contributed by atoms with Gasteiger partial charge in [-0.15, -0.1) is 0 Å². The zero-order chi connectivity index (χ0) is 28.3. The van der Waals surface area contributed by atoms with Crippen LogP contribution in [0.5, 0.6) is 5.75 Å². The number of aliphatic hydroxyl groups excluding tert-OH is 2. The van der Waals surface area contributed by atoms with E-state index in [1.54, 1.807) is 21.0 Å². The summed E-state index contributed by atoms with van der Waals surface area (Å²) in [6.45, 7) is 5.96. The third-order valence-corrected chi connectivity index (χ3v) is 7.62. The number of Topliss-reactive ketones (excluding diaryl/α,β-unsaturated/α-hetero) is 3. The summed E-state index contributed by atoms with van der Waals surface area (Å²) in [7, 11) is 3.11. The summed E-state index contributed by atoms with van der Waals surface area (Å²) in [4.78, 5) is 53.5. The zero-order valence-electron chi connectivity index (χ0n) is 21.4. The van der Waals surface area contributed by atoms with Crippen molar-refractivity contribution in [3.63, 3.8) is 0 Å². The number of aromatic hydroxyl groups is 1. The van der Waals surface area contributed by atoms with Gasteiger partial charge in [-0.1, -0.05) is 12.2 Å². The summed E-state index contributed by atoms with van der Waals surface area (Å²) >= 11 is 0. The maximum Gasteiger partial charge on any atom is 0.255 e. The molecule has 0 saturated heterocycles. The summed E-state index contributed by atoms with van der Waals surface area (Å²) in [6.07, 6.45) is -0.00649. The molecule has 0 aromatic heterocycles. The van der Waals surface area contributed by atoms with E-state index in [1.165, 1.54) is 17.0 Å². The van der Waals surface area contributed by atoms with E-state index in [2.05, 4.69) is 11.9 Å². The van der Waals surface area contributed by atoms with Gasteiger partial charge in [0, 0.05) is 23.6 Å². The number of benzene rings is 1. The number of amides is 1. The minimum absolute atomic E-state index is 0.0367. The van der Waals surface area contributed by atoms with Gasteiger partial charge in [0.15, 0.2) is 17.2 Å². The molecule has 11 nitrogen and oxygen atoms in total. The van der Waals surface area contributed by atoms with Crippen molar-refractivity contribution in [3.8, 4) is 5.75 Å². The number of nitrogens with two attached hydrogens (primary N) is 1.